The lowest BCUT2D eigenvalue weighted by Gasteiger charge is -2.13. The first-order valence-corrected chi connectivity index (χ1v) is 10.3. The van der Waals surface area contributed by atoms with Crippen LogP contribution in [0.25, 0.3) is 22.6 Å². The lowest BCUT2D eigenvalue weighted by atomic mass is 10.1. The van der Waals surface area contributed by atoms with Gasteiger partial charge in [0, 0.05) is 17.5 Å². The summed E-state index contributed by atoms with van der Waals surface area (Å²) >= 11 is 0. The number of para-hydroxylation sites is 1. The van der Waals surface area contributed by atoms with Gasteiger partial charge < -0.3 is 19.0 Å². The first kappa shape index (κ1) is 21.2. The molecule has 6 heteroatoms. The average molecular weight is 429 g/mol. The molecule has 0 aliphatic heterocycles. The lowest BCUT2D eigenvalue weighted by molar-refractivity contribution is -0.139. The van der Waals surface area contributed by atoms with Crippen molar-refractivity contribution < 1.29 is 23.8 Å². The van der Waals surface area contributed by atoms with Gasteiger partial charge in [-0.15, -0.1) is 0 Å². The monoisotopic (exact) mass is 429 g/mol. The number of carboxylic acid groups (broad SMARTS) is 1. The van der Waals surface area contributed by atoms with Gasteiger partial charge in [-0.3, -0.25) is 0 Å². The van der Waals surface area contributed by atoms with Crippen molar-refractivity contribution in [2.75, 3.05) is 13.7 Å². The summed E-state index contributed by atoms with van der Waals surface area (Å²) in [5.74, 6) is 1.22. The summed E-state index contributed by atoms with van der Waals surface area (Å²) < 4.78 is 17.1. The van der Waals surface area contributed by atoms with E-state index in [-0.39, 0.29) is 0 Å². The SMILES string of the molecule is COc1c(CCc2nc(-c3ccccc3)c(-c3ccccc3)o2)cccc1OCC(=O)O. The Hall–Kier alpha value is -4.06. The zero-order valence-electron chi connectivity index (χ0n) is 17.7. The maximum absolute atomic E-state index is 10.8. The van der Waals surface area contributed by atoms with Gasteiger partial charge in [-0.05, 0) is 18.1 Å². The smallest absolute Gasteiger partial charge is 0.341 e. The van der Waals surface area contributed by atoms with Gasteiger partial charge in [0.25, 0.3) is 0 Å². The molecule has 0 saturated heterocycles. The molecule has 1 aromatic heterocycles. The normalized spacial score (nSPS) is 10.7. The quantitative estimate of drug-likeness (QED) is 0.391. The summed E-state index contributed by atoms with van der Waals surface area (Å²) in [6.45, 7) is -0.430. The van der Waals surface area contributed by atoms with Gasteiger partial charge >= 0.3 is 5.97 Å². The Labute approximate surface area is 186 Å². The molecular formula is C26H23NO5. The van der Waals surface area contributed by atoms with E-state index >= 15 is 0 Å². The molecule has 0 radical (unpaired) electrons. The molecule has 0 amide bonds. The number of aromatic nitrogens is 1. The molecule has 0 spiro atoms. The van der Waals surface area contributed by atoms with Crippen LogP contribution in [-0.2, 0) is 17.6 Å². The van der Waals surface area contributed by atoms with E-state index in [1.165, 1.54) is 0 Å². The molecule has 4 aromatic rings. The lowest BCUT2D eigenvalue weighted by Crippen LogP contribution is -2.10. The average Bonchev–Trinajstić information content (AvgIpc) is 3.27. The van der Waals surface area contributed by atoms with Crippen LogP contribution in [0.3, 0.4) is 0 Å². The van der Waals surface area contributed by atoms with Gasteiger partial charge in [0.05, 0.1) is 7.11 Å². The van der Waals surface area contributed by atoms with Gasteiger partial charge in [0.15, 0.2) is 29.8 Å². The second-order valence-electron chi connectivity index (χ2n) is 7.15. The third-order valence-corrected chi connectivity index (χ3v) is 4.98. The highest BCUT2D eigenvalue weighted by molar-refractivity contribution is 5.76. The molecule has 0 aliphatic rings. The minimum Gasteiger partial charge on any atom is -0.493 e. The first-order chi connectivity index (χ1) is 15.7. The Morgan fingerprint density at radius 1 is 0.906 bits per heavy atom. The number of rotatable bonds is 9. The minimum absolute atomic E-state index is 0.398. The Bertz CT molecular complexity index is 1130. The van der Waals surface area contributed by atoms with Gasteiger partial charge in [-0.1, -0.05) is 72.8 Å². The number of carbonyl (C=O) groups is 1. The Morgan fingerprint density at radius 2 is 1.59 bits per heavy atom. The molecule has 0 saturated carbocycles. The van der Waals surface area contributed by atoms with E-state index in [2.05, 4.69) is 0 Å². The molecule has 0 aliphatic carbocycles. The number of benzene rings is 3. The van der Waals surface area contributed by atoms with Crippen LogP contribution >= 0.6 is 0 Å². The number of carboxylic acids is 1. The Kier molecular flexibility index (Phi) is 6.51. The van der Waals surface area contributed by atoms with Crippen molar-refractivity contribution in [2.45, 2.75) is 12.8 Å². The van der Waals surface area contributed by atoms with E-state index in [9.17, 15) is 4.79 Å². The molecule has 162 valence electrons. The zero-order chi connectivity index (χ0) is 22.3. The summed E-state index contributed by atoms with van der Waals surface area (Å²) in [4.78, 5) is 15.6. The molecule has 4 rings (SSSR count). The van der Waals surface area contributed by atoms with E-state index < -0.39 is 12.6 Å². The van der Waals surface area contributed by atoms with Crippen molar-refractivity contribution in [1.82, 2.24) is 4.98 Å². The molecule has 1 N–H and O–H groups in total. The molecule has 3 aromatic carbocycles. The number of aryl methyl sites for hydroxylation is 2. The van der Waals surface area contributed by atoms with Crippen LogP contribution in [0.1, 0.15) is 11.5 Å². The van der Waals surface area contributed by atoms with E-state index in [0.717, 1.165) is 28.1 Å². The van der Waals surface area contributed by atoms with E-state index in [0.29, 0.717) is 30.2 Å². The topological polar surface area (TPSA) is 81.8 Å². The fourth-order valence-electron chi connectivity index (χ4n) is 3.53. The molecule has 0 unspecified atom stereocenters. The predicted octanol–water partition coefficient (Wildman–Crippen LogP) is 5.27. The summed E-state index contributed by atoms with van der Waals surface area (Å²) in [5.41, 5.74) is 3.64. The minimum atomic E-state index is -1.04. The second-order valence-corrected chi connectivity index (χ2v) is 7.15. The number of methoxy groups -OCH3 is 1. The molecule has 0 fully saturated rings. The number of hydrogen-bond acceptors (Lipinski definition) is 5. The van der Waals surface area contributed by atoms with Crippen LogP contribution < -0.4 is 9.47 Å². The number of aliphatic carboxylic acids is 1. The maximum atomic E-state index is 10.8. The van der Waals surface area contributed by atoms with Crippen LogP contribution in [0.15, 0.2) is 83.3 Å². The summed E-state index contributed by atoms with van der Waals surface area (Å²) in [7, 11) is 1.54. The van der Waals surface area contributed by atoms with Crippen LogP contribution in [0.5, 0.6) is 11.5 Å². The number of hydrogen-bond donors (Lipinski definition) is 1. The third-order valence-electron chi connectivity index (χ3n) is 4.98. The Morgan fingerprint density at radius 3 is 2.25 bits per heavy atom. The highest BCUT2D eigenvalue weighted by atomic mass is 16.5. The highest BCUT2D eigenvalue weighted by Crippen LogP contribution is 2.35. The number of ether oxygens (including phenoxy) is 2. The molecule has 0 bridgehead atoms. The number of oxazole rings is 1. The van der Waals surface area contributed by atoms with Gasteiger partial charge in [0.2, 0.25) is 0 Å². The van der Waals surface area contributed by atoms with Crippen molar-refractivity contribution >= 4 is 5.97 Å². The largest absolute Gasteiger partial charge is 0.493 e. The van der Waals surface area contributed by atoms with Crippen LogP contribution in [-0.4, -0.2) is 29.8 Å². The second kappa shape index (κ2) is 9.83. The van der Waals surface area contributed by atoms with Crippen molar-refractivity contribution in [3.63, 3.8) is 0 Å². The number of nitrogens with zero attached hydrogens (tertiary/aromatic N) is 1. The zero-order valence-corrected chi connectivity index (χ0v) is 17.7. The molecular weight excluding hydrogens is 406 g/mol. The van der Waals surface area contributed by atoms with Crippen molar-refractivity contribution in [3.8, 4) is 34.1 Å². The summed E-state index contributed by atoms with van der Waals surface area (Å²) in [6.07, 6.45) is 1.14. The van der Waals surface area contributed by atoms with Gasteiger partial charge in [0.1, 0.15) is 5.69 Å². The fourth-order valence-corrected chi connectivity index (χ4v) is 3.53. The van der Waals surface area contributed by atoms with Crippen molar-refractivity contribution in [3.05, 3.63) is 90.3 Å². The van der Waals surface area contributed by atoms with E-state index in [4.69, 9.17) is 24.0 Å². The van der Waals surface area contributed by atoms with Crippen LogP contribution in [0.4, 0.5) is 0 Å². The maximum Gasteiger partial charge on any atom is 0.341 e. The summed E-state index contributed by atoms with van der Waals surface area (Å²) in [6, 6.07) is 25.3. The Balaban J connectivity index is 1.61. The molecule has 6 nitrogen and oxygen atoms in total. The highest BCUT2D eigenvalue weighted by Gasteiger charge is 2.18. The van der Waals surface area contributed by atoms with Crippen molar-refractivity contribution in [2.24, 2.45) is 0 Å². The molecule has 1 heterocycles. The third kappa shape index (κ3) is 4.81. The van der Waals surface area contributed by atoms with Gasteiger partial charge in [-0.25, -0.2) is 9.78 Å². The first-order valence-electron chi connectivity index (χ1n) is 10.3. The molecule has 0 atom stereocenters. The van der Waals surface area contributed by atoms with E-state index in [1.807, 2.05) is 72.8 Å². The van der Waals surface area contributed by atoms with Crippen molar-refractivity contribution in [1.29, 1.82) is 0 Å². The standard InChI is InChI=1S/C26H23NO5/c1-30-25-20(13-8-14-21(25)31-17-23(28)29)15-16-22-27-24(18-9-4-2-5-10-18)26(32-22)19-11-6-3-7-12-19/h2-14H,15-17H2,1H3,(H,28,29). The van der Waals surface area contributed by atoms with Crippen LogP contribution in [0.2, 0.25) is 0 Å². The predicted molar refractivity (Wildman–Crippen MR) is 121 cm³/mol. The summed E-state index contributed by atoms with van der Waals surface area (Å²) in [5, 5.41) is 8.89. The molecule has 32 heavy (non-hydrogen) atoms. The van der Waals surface area contributed by atoms with Gasteiger partial charge in [-0.2, -0.15) is 0 Å². The van der Waals surface area contributed by atoms with E-state index in [1.54, 1.807) is 13.2 Å². The fraction of sp³-hybridized carbons (Fsp3) is 0.154. The van der Waals surface area contributed by atoms with Crippen LogP contribution in [0, 0.1) is 0 Å².